The molecule has 0 unspecified atom stereocenters. The minimum absolute atomic E-state index is 0.00643. The summed E-state index contributed by atoms with van der Waals surface area (Å²) in [4.78, 5) is 34.6. The Bertz CT molecular complexity index is 414. The van der Waals surface area contributed by atoms with E-state index in [9.17, 15) is 14.4 Å². The van der Waals surface area contributed by atoms with E-state index in [0.29, 0.717) is 0 Å². The second-order valence-corrected chi connectivity index (χ2v) is 4.72. The Balaban J connectivity index is 2.62. The number of nitrogens with zero attached hydrogens (tertiary/aromatic N) is 1. The maximum atomic E-state index is 11.9. The first-order valence-corrected chi connectivity index (χ1v) is 7.27. The molecular formula is C14H22N2O5. The van der Waals surface area contributed by atoms with Crippen LogP contribution in [-0.4, -0.2) is 36.8 Å². The van der Waals surface area contributed by atoms with Gasteiger partial charge in [-0.05, 0) is 26.7 Å². The van der Waals surface area contributed by atoms with Gasteiger partial charge >= 0.3 is 11.9 Å². The zero-order valence-corrected chi connectivity index (χ0v) is 12.5. The maximum absolute atomic E-state index is 11.9. The number of rotatable bonds is 7. The number of ether oxygens (including phenoxy) is 2. The molecule has 0 saturated heterocycles. The van der Waals surface area contributed by atoms with Gasteiger partial charge in [0.25, 0.3) is 5.91 Å². The van der Waals surface area contributed by atoms with E-state index in [2.05, 4.69) is 15.3 Å². The van der Waals surface area contributed by atoms with Crippen molar-refractivity contribution in [1.29, 1.82) is 0 Å². The fraction of sp³-hybridized carbons (Fsp3) is 0.714. The van der Waals surface area contributed by atoms with Crippen LogP contribution in [0.4, 0.5) is 0 Å². The van der Waals surface area contributed by atoms with Crippen LogP contribution < -0.4 is 5.43 Å². The van der Waals surface area contributed by atoms with Gasteiger partial charge in [0.15, 0.2) is 0 Å². The molecule has 7 nitrogen and oxygen atoms in total. The highest BCUT2D eigenvalue weighted by Gasteiger charge is 2.27. The molecular weight excluding hydrogens is 276 g/mol. The van der Waals surface area contributed by atoms with E-state index in [1.165, 1.54) is 0 Å². The second kappa shape index (κ2) is 9.10. The fourth-order valence-corrected chi connectivity index (χ4v) is 2.21. The lowest BCUT2D eigenvalue weighted by Crippen LogP contribution is -2.30. The summed E-state index contributed by atoms with van der Waals surface area (Å²) in [5.41, 5.74) is 2.46. The highest BCUT2D eigenvalue weighted by molar-refractivity contribution is 6.37. The third-order valence-electron chi connectivity index (χ3n) is 3.14. The Morgan fingerprint density at radius 2 is 1.71 bits per heavy atom. The molecule has 1 amide bonds. The number of hydrogen-bond acceptors (Lipinski definition) is 6. The summed E-state index contributed by atoms with van der Waals surface area (Å²) in [6, 6.07) is 0. The SMILES string of the molecule is CCOC(=O)CC(=O)N/N=C(/C(=O)OCC)C1CCCC1. The van der Waals surface area contributed by atoms with Crippen molar-refractivity contribution in [3.8, 4) is 0 Å². The zero-order chi connectivity index (χ0) is 15.7. The standard InChI is InChI=1S/C14H22N2O5/c1-3-20-12(18)9-11(17)15-16-13(14(19)21-4-2)10-7-5-6-8-10/h10H,3-9H2,1-2H3,(H,15,17)/b16-13+. The minimum Gasteiger partial charge on any atom is -0.466 e. The Labute approximate surface area is 124 Å². The van der Waals surface area contributed by atoms with Crippen molar-refractivity contribution < 1.29 is 23.9 Å². The van der Waals surface area contributed by atoms with Crippen LogP contribution in [-0.2, 0) is 23.9 Å². The molecule has 1 N–H and O–H groups in total. The summed E-state index contributed by atoms with van der Waals surface area (Å²) < 4.78 is 9.62. The number of nitrogens with one attached hydrogen (secondary N) is 1. The summed E-state index contributed by atoms with van der Waals surface area (Å²) in [5.74, 6) is -1.73. The molecule has 1 saturated carbocycles. The largest absolute Gasteiger partial charge is 0.466 e. The predicted molar refractivity (Wildman–Crippen MR) is 75.4 cm³/mol. The quantitative estimate of drug-likeness (QED) is 0.329. The van der Waals surface area contributed by atoms with E-state index >= 15 is 0 Å². The molecule has 118 valence electrons. The summed E-state index contributed by atoms with van der Waals surface area (Å²) in [5, 5.41) is 3.87. The van der Waals surface area contributed by atoms with Crippen LogP contribution in [0.5, 0.6) is 0 Å². The van der Waals surface area contributed by atoms with Crippen molar-refractivity contribution >= 4 is 23.6 Å². The van der Waals surface area contributed by atoms with Gasteiger partial charge in [-0.1, -0.05) is 12.8 Å². The molecule has 0 radical (unpaired) electrons. The second-order valence-electron chi connectivity index (χ2n) is 4.72. The topological polar surface area (TPSA) is 94.1 Å². The molecule has 21 heavy (non-hydrogen) atoms. The summed E-state index contributed by atoms with van der Waals surface area (Å²) in [6.07, 6.45) is 3.34. The number of esters is 2. The van der Waals surface area contributed by atoms with E-state index in [-0.39, 0.29) is 24.8 Å². The first kappa shape index (κ1) is 17.1. The van der Waals surface area contributed by atoms with Crippen molar-refractivity contribution in [3.05, 3.63) is 0 Å². The maximum Gasteiger partial charge on any atom is 0.354 e. The lowest BCUT2D eigenvalue weighted by molar-refractivity contribution is -0.146. The predicted octanol–water partition coefficient (Wildman–Crippen LogP) is 1.17. The number of hydrogen-bond donors (Lipinski definition) is 1. The van der Waals surface area contributed by atoms with Crippen LogP contribution in [0.2, 0.25) is 0 Å². The molecule has 1 fully saturated rings. The highest BCUT2D eigenvalue weighted by Crippen LogP contribution is 2.26. The Hall–Kier alpha value is -1.92. The molecule has 1 aliphatic carbocycles. The van der Waals surface area contributed by atoms with Gasteiger partial charge in [0.1, 0.15) is 12.1 Å². The molecule has 0 atom stereocenters. The molecule has 0 aliphatic heterocycles. The van der Waals surface area contributed by atoms with E-state index in [1.807, 2.05) is 0 Å². The Morgan fingerprint density at radius 3 is 2.29 bits per heavy atom. The van der Waals surface area contributed by atoms with Crippen LogP contribution in [0.1, 0.15) is 46.0 Å². The molecule has 1 rings (SSSR count). The third kappa shape index (κ3) is 5.93. The van der Waals surface area contributed by atoms with E-state index in [1.54, 1.807) is 13.8 Å². The molecule has 1 aliphatic rings. The van der Waals surface area contributed by atoms with Gasteiger partial charge in [0.2, 0.25) is 0 Å². The van der Waals surface area contributed by atoms with Crippen molar-refractivity contribution in [2.24, 2.45) is 11.0 Å². The van der Waals surface area contributed by atoms with E-state index in [0.717, 1.165) is 25.7 Å². The normalized spacial score (nSPS) is 15.6. The number of carbonyl (C=O) groups excluding carboxylic acids is 3. The summed E-state index contributed by atoms with van der Waals surface area (Å²) in [6.45, 7) is 3.84. The van der Waals surface area contributed by atoms with Gasteiger partial charge in [-0.15, -0.1) is 0 Å². The molecule has 7 heteroatoms. The van der Waals surface area contributed by atoms with Crippen LogP contribution >= 0.6 is 0 Å². The molecule has 0 heterocycles. The average molecular weight is 298 g/mol. The average Bonchev–Trinajstić information content (AvgIpc) is 2.93. The summed E-state index contributed by atoms with van der Waals surface area (Å²) in [7, 11) is 0. The Morgan fingerprint density at radius 1 is 1.10 bits per heavy atom. The smallest absolute Gasteiger partial charge is 0.354 e. The van der Waals surface area contributed by atoms with Crippen molar-refractivity contribution in [1.82, 2.24) is 5.43 Å². The third-order valence-corrected chi connectivity index (χ3v) is 3.14. The monoisotopic (exact) mass is 298 g/mol. The molecule has 0 bridgehead atoms. The van der Waals surface area contributed by atoms with Gasteiger partial charge in [-0.25, -0.2) is 10.2 Å². The van der Waals surface area contributed by atoms with E-state index in [4.69, 9.17) is 4.74 Å². The molecule has 0 aromatic rings. The van der Waals surface area contributed by atoms with Crippen molar-refractivity contribution in [2.45, 2.75) is 46.0 Å². The highest BCUT2D eigenvalue weighted by atomic mass is 16.5. The van der Waals surface area contributed by atoms with E-state index < -0.39 is 24.3 Å². The van der Waals surface area contributed by atoms with Gasteiger partial charge in [-0.3, -0.25) is 9.59 Å². The summed E-state index contributed by atoms with van der Waals surface area (Å²) >= 11 is 0. The lowest BCUT2D eigenvalue weighted by Gasteiger charge is -2.12. The molecule has 0 aromatic heterocycles. The van der Waals surface area contributed by atoms with Gasteiger partial charge in [0.05, 0.1) is 13.2 Å². The minimum atomic E-state index is -0.622. The Kier molecular flexibility index (Phi) is 7.42. The zero-order valence-electron chi connectivity index (χ0n) is 12.5. The lowest BCUT2D eigenvalue weighted by atomic mass is 10.0. The fourth-order valence-electron chi connectivity index (χ4n) is 2.21. The molecule has 0 spiro atoms. The van der Waals surface area contributed by atoms with Crippen molar-refractivity contribution in [3.63, 3.8) is 0 Å². The number of carbonyl (C=O) groups is 3. The van der Waals surface area contributed by atoms with Gasteiger partial charge in [0, 0.05) is 5.92 Å². The van der Waals surface area contributed by atoms with Crippen LogP contribution in [0.15, 0.2) is 5.10 Å². The van der Waals surface area contributed by atoms with Crippen molar-refractivity contribution in [2.75, 3.05) is 13.2 Å². The molecule has 0 aromatic carbocycles. The number of hydrazone groups is 1. The van der Waals surface area contributed by atoms with Gasteiger partial charge < -0.3 is 9.47 Å². The van der Waals surface area contributed by atoms with Crippen LogP contribution in [0, 0.1) is 5.92 Å². The first-order valence-electron chi connectivity index (χ1n) is 7.27. The number of amides is 1. The van der Waals surface area contributed by atoms with Gasteiger partial charge in [-0.2, -0.15) is 5.10 Å². The first-order chi connectivity index (χ1) is 10.1. The van der Waals surface area contributed by atoms with Crippen LogP contribution in [0.25, 0.3) is 0 Å². The van der Waals surface area contributed by atoms with Crippen LogP contribution in [0.3, 0.4) is 0 Å².